The number of sulfonamides is 1. The van der Waals surface area contributed by atoms with Crippen molar-refractivity contribution in [2.45, 2.75) is 56.9 Å². The molecule has 18 heavy (non-hydrogen) atoms. The third-order valence-corrected chi connectivity index (χ3v) is 6.95. The van der Waals surface area contributed by atoms with Gasteiger partial charge >= 0.3 is 0 Å². The standard InChI is InChI=1S/C12H25NO3S2/c1-11(2,3)18(15,16)13(10-6-7-10)12(4,8-14)9-17-5/h10,14H,6-9H2,1-5H3/t12-/m1/s1. The predicted octanol–water partition coefficient (Wildman–Crippen LogP) is 1.69. The Morgan fingerprint density at radius 2 is 1.78 bits per heavy atom. The van der Waals surface area contributed by atoms with E-state index >= 15 is 0 Å². The molecular formula is C12H25NO3S2. The molecule has 0 aliphatic heterocycles. The number of aliphatic hydroxyl groups is 1. The number of aliphatic hydroxyl groups excluding tert-OH is 1. The molecule has 1 aliphatic carbocycles. The van der Waals surface area contributed by atoms with Gasteiger partial charge in [0.1, 0.15) is 0 Å². The highest BCUT2D eigenvalue weighted by Gasteiger charge is 2.51. The molecule has 1 saturated carbocycles. The zero-order valence-electron chi connectivity index (χ0n) is 11.9. The first kappa shape index (κ1) is 16.3. The van der Waals surface area contributed by atoms with Crippen LogP contribution in [0, 0.1) is 0 Å². The van der Waals surface area contributed by atoms with Gasteiger partial charge in [-0.3, -0.25) is 0 Å². The quantitative estimate of drug-likeness (QED) is 0.810. The fourth-order valence-electron chi connectivity index (χ4n) is 2.02. The summed E-state index contributed by atoms with van der Waals surface area (Å²) in [4.78, 5) is 0. The summed E-state index contributed by atoms with van der Waals surface area (Å²) in [6, 6.07) is 0.0681. The van der Waals surface area contributed by atoms with Crippen LogP contribution in [-0.2, 0) is 10.0 Å². The van der Waals surface area contributed by atoms with Crippen molar-refractivity contribution in [2.75, 3.05) is 18.6 Å². The van der Waals surface area contributed by atoms with Gasteiger partial charge in [0.05, 0.1) is 16.9 Å². The van der Waals surface area contributed by atoms with Gasteiger partial charge in [0, 0.05) is 11.8 Å². The molecule has 1 aliphatic rings. The summed E-state index contributed by atoms with van der Waals surface area (Å²) in [6.07, 6.45) is 3.74. The van der Waals surface area contributed by atoms with Gasteiger partial charge in [-0.1, -0.05) is 0 Å². The van der Waals surface area contributed by atoms with Crippen molar-refractivity contribution in [2.24, 2.45) is 0 Å². The summed E-state index contributed by atoms with van der Waals surface area (Å²) < 4.78 is 26.2. The van der Waals surface area contributed by atoms with Crippen LogP contribution in [-0.4, -0.2) is 52.8 Å². The van der Waals surface area contributed by atoms with Crippen molar-refractivity contribution in [1.29, 1.82) is 0 Å². The van der Waals surface area contributed by atoms with E-state index in [-0.39, 0.29) is 12.6 Å². The molecule has 1 fully saturated rings. The van der Waals surface area contributed by atoms with Crippen molar-refractivity contribution < 1.29 is 13.5 Å². The van der Waals surface area contributed by atoms with Crippen LogP contribution in [0.1, 0.15) is 40.5 Å². The molecule has 4 nitrogen and oxygen atoms in total. The molecule has 0 spiro atoms. The second kappa shape index (κ2) is 5.31. The Hall–Kier alpha value is 0.220. The van der Waals surface area contributed by atoms with Gasteiger partial charge in [0.25, 0.3) is 0 Å². The van der Waals surface area contributed by atoms with Crippen molar-refractivity contribution in [3.8, 4) is 0 Å². The van der Waals surface area contributed by atoms with Gasteiger partial charge in [-0.05, 0) is 46.8 Å². The molecule has 0 aromatic heterocycles. The second-order valence-corrected chi connectivity index (χ2v) is 9.67. The van der Waals surface area contributed by atoms with Crippen LogP contribution in [0.15, 0.2) is 0 Å². The van der Waals surface area contributed by atoms with Crippen molar-refractivity contribution >= 4 is 21.8 Å². The zero-order valence-corrected chi connectivity index (χ0v) is 13.6. The maximum Gasteiger partial charge on any atom is 0.219 e. The van der Waals surface area contributed by atoms with E-state index in [0.29, 0.717) is 5.75 Å². The molecule has 1 rings (SSSR count). The number of nitrogens with zero attached hydrogens (tertiary/aromatic N) is 1. The van der Waals surface area contributed by atoms with E-state index < -0.39 is 20.3 Å². The fourth-order valence-corrected chi connectivity index (χ4v) is 4.85. The Kier molecular flexibility index (Phi) is 4.80. The number of thioether (sulfide) groups is 1. The summed E-state index contributed by atoms with van der Waals surface area (Å²) in [5.41, 5.74) is -0.702. The van der Waals surface area contributed by atoms with E-state index in [2.05, 4.69) is 0 Å². The Labute approximate surface area is 115 Å². The van der Waals surface area contributed by atoms with Crippen LogP contribution in [0.25, 0.3) is 0 Å². The predicted molar refractivity (Wildman–Crippen MR) is 77.4 cm³/mol. The van der Waals surface area contributed by atoms with Crippen LogP contribution in [0.2, 0.25) is 0 Å². The van der Waals surface area contributed by atoms with Gasteiger partial charge in [-0.15, -0.1) is 0 Å². The van der Waals surface area contributed by atoms with Crippen molar-refractivity contribution in [1.82, 2.24) is 4.31 Å². The normalized spacial score (nSPS) is 21.1. The van der Waals surface area contributed by atoms with Gasteiger partial charge in [0.15, 0.2) is 0 Å². The SMILES string of the molecule is CSC[C@@](C)(CO)N(C1CC1)S(=O)(=O)C(C)(C)C. The van der Waals surface area contributed by atoms with Gasteiger partial charge in [-0.2, -0.15) is 16.1 Å². The first-order valence-electron chi connectivity index (χ1n) is 6.24. The van der Waals surface area contributed by atoms with E-state index in [1.54, 1.807) is 36.8 Å². The molecular weight excluding hydrogens is 270 g/mol. The number of rotatable bonds is 6. The average molecular weight is 295 g/mol. The second-order valence-electron chi connectivity index (χ2n) is 6.23. The first-order valence-corrected chi connectivity index (χ1v) is 9.07. The minimum atomic E-state index is -3.41. The van der Waals surface area contributed by atoms with Crippen LogP contribution >= 0.6 is 11.8 Å². The largest absolute Gasteiger partial charge is 0.394 e. The minimum absolute atomic E-state index is 0.0681. The van der Waals surface area contributed by atoms with E-state index in [0.717, 1.165) is 12.8 Å². The monoisotopic (exact) mass is 295 g/mol. The maximum atomic E-state index is 12.7. The van der Waals surface area contributed by atoms with E-state index in [4.69, 9.17) is 0 Å². The van der Waals surface area contributed by atoms with Gasteiger partial charge in [0.2, 0.25) is 10.0 Å². The van der Waals surface area contributed by atoms with E-state index in [1.165, 1.54) is 0 Å². The molecule has 108 valence electrons. The zero-order chi connectivity index (χ0) is 14.2. The molecule has 6 heteroatoms. The van der Waals surface area contributed by atoms with Crippen molar-refractivity contribution in [3.63, 3.8) is 0 Å². The van der Waals surface area contributed by atoms with E-state index in [9.17, 15) is 13.5 Å². The van der Waals surface area contributed by atoms with Crippen LogP contribution < -0.4 is 0 Å². The highest BCUT2D eigenvalue weighted by atomic mass is 32.2. The Bertz CT molecular complexity index is 385. The van der Waals surface area contributed by atoms with E-state index in [1.807, 2.05) is 13.2 Å². The number of hydrogen-bond donors (Lipinski definition) is 1. The molecule has 0 bridgehead atoms. The van der Waals surface area contributed by atoms with Gasteiger partial charge in [-0.25, -0.2) is 8.42 Å². The highest BCUT2D eigenvalue weighted by molar-refractivity contribution is 7.98. The topological polar surface area (TPSA) is 57.6 Å². The lowest BCUT2D eigenvalue weighted by atomic mass is 10.1. The summed E-state index contributed by atoms with van der Waals surface area (Å²) in [7, 11) is -3.41. The molecule has 0 aromatic rings. The first-order chi connectivity index (χ1) is 8.10. The average Bonchev–Trinajstić information content (AvgIpc) is 3.00. The molecule has 0 radical (unpaired) electrons. The third-order valence-electron chi connectivity index (χ3n) is 3.24. The molecule has 0 aromatic carbocycles. The summed E-state index contributed by atoms with van der Waals surface area (Å²) in [5.74, 6) is 0.606. The summed E-state index contributed by atoms with van der Waals surface area (Å²) in [6.45, 7) is 6.85. The lowest BCUT2D eigenvalue weighted by Crippen LogP contribution is -2.59. The number of hydrogen-bond acceptors (Lipinski definition) is 4. The highest BCUT2D eigenvalue weighted by Crippen LogP contribution is 2.40. The van der Waals surface area contributed by atoms with Crippen LogP contribution in [0.5, 0.6) is 0 Å². The molecule has 1 N–H and O–H groups in total. The Morgan fingerprint density at radius 1 is 1.28 bits per heavy atom. The Balaban J connectivity index is 3.18. The van der Waals surface area contributed by atoms with Crippen LogP contribution in [0.3, 0.4) is 0 Å². The maximum absolute atomic E-state index is 12.7. The van der Waals surface area contributed by atoms with Crippen molar-refractivity contribution in [3.05, 3.63) is 0 Å². The fraction of sp³-hybridized carbons (Fsp3) is 1.00. The lowest BCUT2D eigenvalue weighted by Gasteiger charge is -2.42. The molecule has 0 unspecified atom stereocenters. The summed E-state index contributed by atoms with van der Waals surface area (Å²) >= 11 is 1.57. The molecule has 1 atom stereocenters. The third kappa shape index (κ3) is 3.03. The summed E-state index contributed by atoms with van der Waals surface area (Å²) in [5, 5.41) is 9.67. The molecule has 0 amide bonds. The molecule has 0 heterocycles. The minimum Gasteiger partial charge on any atom is -0.394 e. The van der Waals surface area contributed by atoms with Crippen LogP contribution in [0.4, 0.5) is 0 Å². The Morgan fingerprint density at radius 3 is 2.06 bits per heavy atom. The van der Waals surface area contributed by atoms with Gasteiger partial charge < -0.3 is 5.11 Å². The molecule has 0 saturated heterocycles. The smallest absolute Gasteiger partial charge is 0.219 e. The lowest BCUT2D eigenvalue weighted by molar-refractivity contribution is 0.118.